The molecule has 0 spiro atoms. The van der Waals surface area contributed by atoms with E-state index in [1.54, 1.807) is 48.5 Å². The Bertz CT molecular complexity index is 1380. The fourth-order valence-electron chi connectivity index (χ4n) is 5.37. The van der Waals surface area contributed by atoms with Crippen molar-refractivity contribution in [2.75, 3.05) is 13.1 Å². The van der Waals surface area contributed by atoms with E-state index in [1.165, 1.54) is 0 Å². The first kappa shape index (κ1) is 51.2. The highest BCUT2D eigenvalue weighted by atomic mass is 16.4. The lowest BCUT2D eigenvalue weighted by Gasteiger charge is -2.33. The number of carboxylic acid groups (broad SMARTS) is 2. The number of hydrogen-bond donors (Lipinski definition) is 10. The first-order chi connectivity index (χ1) is 26.1. The number of nitrogens with two attached hydrogens (primary N) is 1. The van der Waals surface area contributed by atoms with Crippen LogP contribution in [0.15, 0.2) is 0 Å². The summed E-state index contributed by atoms with van der Waals surface area (Å²) < 4.78 is 0. The molecule has 11 N–H and O–H groups in total. The van der Waals surface area contributed by atoms with E-state index in [1.807, 2.05) is 20.8 Å². The molecule has 10 atom stereocenters. The van der Waals surface area contributed by atoms with Crippen molar-refractivity contribution in [1.29, 1.82) is 0 Å². The number of carbonyl (C=O) groups excluding carboxylic acids is 7. The topological polar surface area (TPSA) is 304 Å². The van der Waals surface area contributed by atoms with Gasteiger partial charge >= 0.3 is 11.9 Å². The van der Waals surface area contributed by atoms with E-state index in [9.17, 15) is 43.2 Å². The van der Waals surface area contributed by atoms with Gasteiger partial charge in [-0.05, 0) is 29.6 Å². The van der Waals surface area contributed by atoms with Crippen molar-refractivity contribution >= 4 is 53.3 Å². The van der Waals surface area contributed by atoms with Crippen molar-refractivity contribution in [3.63, 3.8) is 0 Å². The quantitative estimate of drug-likeness (QED) is 0.0523. The Labute approximate surface area is 329 Å². The van der Waals surface area contributed by atoms with Gasteiger partial charge in [-0.25, -0.2) is 0 Å². The van der Waals surface area contributed by atoms with E-state index in [4.69, 9.17) is 15.9 Å². The molecule has 0 unspecified atom stereocenters. The van der Waals surface area contributed by atoms with Crippen LogP contribution in [-0.4, -0.2) is 113 Å². The average molecular weight is 799 g/mol. The molecule has 0 heterocycles. The fraction of sp³-hybridized carbons (Fsp3) is 0.757. The SMILES string of the molecule is CC[C@H](C)[C@H](NC(=O)[C@@H](NC(=O)[C@@H](NC(=O)[C@@H](NC(=O)[C@@H](N)CC(=O)O)[C@@H](C)CC)[C@@H](C)CC)[C@@H](C)CC)C(=O)N[C@H](C(=O)NCC(=O)NCC(=O)O)C(C)C. The van der Waals surface area contributed by atoms with Crippen LogP contribution in [0.5, 0.6) is 0 Å². The monoisotopic (exact) mass is 798 g/mol. The number of amides is 7. The average Bonchev–Trinajstić information content (AvgIpc) is 3.14. The third-order valence-corrected chi connectivity index (χ3v) is 10.0. The molecule has 0 aromatic heterocycles. The van der Waals surface area contributed by atoms with Crippen molar-refractivity contribution in [3.05, 3.63) is 0 Å². The maximum Gasteiger partial charge on any atom is 0.322 e. The number of carbonyl (C=O) groups is 9. The molecule has 19 nitrogen and oxygen atoms in total. The molecule has 0 rings (SSSR count). The maximum atomic E-state index is 14.0. The summed E-state index contributed by atoms with van der Waals surface area (Å²) in [5.41, 5.74) is 5.72. The number of aliphatic carboxylic acids is 2. The predicted molar refractivity (Wildman–Crippen MR) is 206 cm³/mol. The van der Waals surface area contributed by atoms with Gasteiger partial charge in [0.15, 0.2) is 0 Å². The van der Waals surface area contributed by atoms with E-state index in [2.05, 4.69) is 37.2 Å². The molecule has 0 saturated carbocycles. The highest BCUT2D eigenvalue weighted by Gasteiger charge is 2.38. The zero-order valence-corrected chi connectivity index (χ0v) is 34.4. The number of carboxylic acids is 2. The van der Waals surface area contributed by atoms with E-state index < -0.39 is 139 Å². The van der Waals surface area contributed by atoms with E-state index in [0.29, 0.717) is 25.7 Å². The minimum Gasteiger partial charge on any atom is -0.481 e. The summed E-state index contributed by atoms with van der Waals surface area (Å²) >= 11 is 0. The predicted octanol–water partition coefficient (Wildman–Crippen LogP) is -0.630. The van der Waals surface area contributed by atoms with Crippen LogP contribution < -0.4 is 43.0 Å². The van der Waals surface area contributed by atoms with Crippen molar-refractivity contribution in [3.8, 4) is 0 Å². The van der Waals surface area contributed by atoms with Gasteiger partial charge in [0.05, 0.1) is 19.0 Å². The third-order valence-electron chi connectivity index (χ3n) is 10.0. The summed E-state index contributed by atoms with van der Waals surface area (Å²) in [6, 6.07) is -7.16. The van der Waals surface area contributed by atoms with Crippen LogP contribution in [0.4, 0.5) is 0 Å². The molecule has 0 aliphatic heterocycles. The van der Waals surface area contributed by atoms with Gasteiger partial charge in [-0.3, -0.25) is 43.2 Å². The lowest BCUT2D eigenvalue weighted by atomic mass is 9.92. The first-order valence-corrected chi connectivity index (χ1v) is 19.3. The van der Waals surface area contributed by atoms with Gasteiger partial charge in [0.1, 0.15) is 36.8 Å². The molecule has 320 valence electrons. The van der Waals surface area contributed by atoms with Crippen LogP contribution in [0.1, 0.15) is 101 Å². The molecular formula is C37H66N8O11. The molecule has 0 fully saturated rings. The molecule has 0 saturated heterocycles. The summed E-state index contributed by atoms with van der Waals surface area (Å²) in [6.45, 7) is 16.3. The molecule has 0 aromatic carbocycles. The van der Waals surface area contributed by atoms with Gasteiger partial charge in [-0.2, -0.15) is 0 Å². The van der Waals surface area contributed by atoms with Crippen LogP contribution in [0.2, 0.25) is 0 Å². The molecule has 56 heavy (non-hydrogen) atoms. The summed E-state index contributed by atoms with van der Waals surface area (Å²) in [4.78, 5) is 115. The van der Waals surface area contributed by atoms with Crippen LogP contribution in [-0.2, 0) is 43.2 Å². The fourth-order valence-corrected chi connectivity index (χ4v) is 5.37. The smallest absolute Gasteiger partial charge is 0.322 e. The van der Waals surface area contributed by atoms with Gasteiger partial charge in [-0.15, -0.1) is 0 Å². The molecule has 0 aliphatic carbocycles. The molecule has 0 aliphatic rings. The molecular weight excluding hydrogens is 732 g/mol. The van der Waals surface area contributed by atoms with Crippen molar-refractivity contribution in [2.45, 2.75) is 138 Å². The van der Waals surface area contributed by atoms with Gasteiger partial charge < -0.3 is 53.2 Å². The summed E-state index contributed by atoms with van der Waals surface area (Å²) in [5, 5.41) is 35.7. The van der Waals surface area contributed by atoms with Crippen LogP contribution in [0.25, 0.3) is 0 Å². The lowest BCUT2D eigenvalue weighted by Crippen LogP contribution is -2.63. The van der Waals surface area contributed by atoms with E-state index >= 15 is 0 Å². The second-order valence-electron chi connectivity index (χ2n) is 14.8. The van der Waals surface area contributed by atoms with Gasteiger partial charge in [0.25, 0.3) is 0 Å². The minimum absolute atomic E-state index is 0.427. The molecule has 19 heteroatoms. The Morgan fingerprint density at radius 3 is 1.05 bits per heavy atom. The molecule has 0 radical (unpaired) electrons. The van der Waals surface area contributed by atoms with E-state index in [0.717, 1.165) is 0 Å². The Hall–Kier alpha value is -4.81. The molecule has 0 bridgehead atoms. The number of nitrogens with one attached hydrogen (secondary N) is 7. The van der Waals surface area contributed by atoms with Crippen LogP contribution in [0, 0.1) is 29.6 Å². The maximum absolute atomic E-state index is 14.0. The van der Waals surface area contributed by atoms with Crippen LogP contribution >= 0.6 is 0 Å². The van der Waals surface area contributed by atoms with Crippen LogP contribution in [0.3, 0.4) is 0 Å². The Morgan fingerprint density at radius 1 is 0.446 bits per heavy atom. The lowest BCUT2D eigenvalue weighted by molar-refractivity contribution is -0.140. The van der Waals surface area contributed by atoms with Crippen molar-refractivity contribution in [1.82, 2.24) is 37.2 Å². The van der Waals surface area contributed by atoms with Crippen molar-refractivity contribution in [2.24, 2.45) is 35.3 Å². The zero-order chi connectivity index (χ0) is 43.4. The number of rotatable bonds is 26. The van der Waals surface area contributed by atoms with Crippen molar-refractivity contribution < 1.29 is 53.4 Å². The minimum atomic E-state index is -1.41. The summed E-state index contributed by atoms with van der Waals surface area (Å²) in [5.74, 6) is -9.78. The van der Waals surface area contributed by atoms with E-state index in [-0.39, 0.29) is 0 Å². The highest BCUT2D eigenvalue weighted by Crippen LogP contribution is 2.16. The Kier molecular flexibility index (Phi) is 23.2. The normalized spacial score (nSPS) is 16.5. The van der Waals surface area contributed by atoms with Gasteiger partial charge in [0.2, 0.25) is 41.4 Å². The first-order valence-electron chi connectivity index (χ1n) is 19.3. The third kappa shape index (κ3) is 17.3. The van der Waals surface area contributed by atoms with Gasteiger partial charge in [0, 0.05) is 0 Å². The number of hydrogen-bond acceptors (Lipinski definition) is 10. The Morgan fingerprint density at radius 2 is 0.768 bits per heavy atom. The Balaban J connectivity index is 6.27. The zero-order valence-electron chi connectivity index (χ0n) is 34.4. The molecule has 0 aromatic rings. The highest BCUT2D eigenvalue weighted by molar-refractivity contribution is 5.97. The standard InChI is InChI=1S/C37H66N8O11/c1-11-19(7)28(42-32(51)23(38)15-25(47)48)35(54)44-30(21(9)13-3)37(56)45-31(22(10)14-4)36(55)43-29(20(8)12-2)34(53)41-27(18(5)6)33(52)40-16-24(46)39-17-26(49)50/h18-23,27-31H,11-17,38H2,1-10H3,(H,39,46)(H,40,52)(H,41,53)(H,42,51)(H,43,55)(H,44,54)(H,45,56)(H,47,48)(H,49,50)/t19-,20-,21-,22-,23-,27-,28-,29-,30-,31-/m0/s1. The van der Waals surface area contributed by atoms with Gasteiger partial charge in [-0.1, -0.05) is 94.9 Å². The molecule has 7 amide bonds. The largest absolute Gasteiger partial charge is 0.481 e. The summed E-state index contributed by atoms with van der Waals surface area (Å²) in [6.07, 6.45) is 1.12. The second-order valence-corrected chi connectivity index (χ2v) is 14.8. The second kappa shape index (κ2) is 25.4. The summed E-state index contributed by atoms with van der Waals surface area (Å²) in [7, 11) is 0.